The Morgan fingerprint density at radius 3 is 2.68 bits per heavy atom. The van der Waals surface area contributed by atoms with Crippen LogP contribution in [0.2, 0.25) is 0 Å². The van der Waals surface area contributed by atoms with Gasteiger partial charge in [0.15, 0.2) is 0 Å². The highest BCUT2D eigenvalue weighted by atomic mass is 32.2. The summed E-state index contributed by atoms with van der Waals surface area (Å²) in [5, 5.41) is 4.44. The maximum absolute atomic E-state index is 12.4. The highest BCUT2D eigenvalue weighted by molar-refractivity contribution is 7.90. The summed E-state index contributed by atoms with van der Waals surface area (Å²) in [7, 11) is -3.78. The Bertz CT molecular complexity index is 723. The van der Waals surface area contributed by atoms with E-state index in [4.69, 9.17) is 0 Å². The van der Waals surface area contributed by atoms with Crippen molar-refractivity contribution >= 4 is 33.1 Å². The summed E-state index contributed by atoms with van der Waals surface area (Å²) < 4.78 is 25.7. The number of nitrogens with one attached hydrogen (secondary N) is 1. The largest absolute Gasteiger partial charge is 0.336 e. The van der Waals surface area contributed by atoms with Crippen molar-refractivity contribution in [1.29, 1.82) is 0 Å². The lowest BCUT2D eigenvalue weighted by Crippen LogP contribution is -2.43. The highest BCUT2D eigenvalue weighted by Crippen LogP contribution is 2.31. The number of urea groups is 1. The van der Waals surface area contributed by atoms with Crippen LogP contribution in [-0.2, 0) is 16.6 Å². The zero-order valence-electron chi connectivity index (χ0n) is 9.74. The number of nitrogens with zero attached hydrogens (tertiary/aromatic N) is 1. The number of amides is 2. The lowest BCUT2D eigenvalue weighted by Gasteiger charge is -2.28. The van der Waals surface area contributed by atoms with Gasteiger partial charge in [0.2, 0.25) is 0 Å². The highest BCUT2D eigenvalue weighted by Gasteiger charge is 2.36. The molecule has 0 unspecified atom stereocenters. The Balaban J connectivity index is 2.05. The van der Waals surface area contributed by atoms with Crippen molar-refractivity contribution < 1.29 is 13.2 Å². The van der Waals surface area contributed by atoms with E-state index in [1.165, 1.54) is 17.4 Å². The van der Waals surface area contributed by atoms with Crippen LogP contribution >= 0.6 is 11.3 Å². The summed E-state index contributed by atoms with van der Waals surface area (Å²) in [5.74, 6) is 0. The monoisotopic (exact) mass is 294 g/mol. The van der Waals surface area contributed by atoms with Gasteiger partial charge in [0, 0.05) is 4.88 Å². The number of benzene rings is 1. The van der Waals surface area contributed by atoms with Crippen molar-refractivity contribution in [3.8, 4) is 0 Å². The van der Waals surface area contributed by atoms with Gasteiger partial charge in [0.05, 0.1) is 12.2 Å². The summed E-state index contributed by atoms with van der Waals surface area (Å²) in [4.78, 5) is 12.9. The first-order chi connectivity index (χ1) is 9.09. The quantitative estimate of drug-likeness (QED) is 0.925. The molecule has 1 aromatic heterocycles. The summed E-state index contributed by atoms with van der Waals surface area (Å²) >= 11 is 1.41. The molecule has 2 heterocycles. The molecule has 19 heavy (non-hydrogen) atoms. The van der Waals surface area contributed by atoms with Crippen LogP contribution in [0.4, 0.5) is 10.5 Å². The maximum atomic E-state index is 12.4. The van der Waals surface area contributed by atoms with E-state index in [0.29, 0.717) is 5.69 Å². The molecule has 0 bridgehead atoms. The molecule has 1 aliphatic heterocycles. The van der Waals surface area contributed by atoms with Gasteiger partial charge in [-0.1, -0.05) is 18.2 Å². The maximum Gasteiger partial charge on any atom is 0.336 e. The van der Waals surface area contributed by atoms with Crippen molar-refractivity contribution in [3.05, 3.63) is 46.7 Å². The van der Waals surface area contributed by atoms with Gasteiger partial charge in [-0.05, 0) is 23.6 Å². The van der Waals surface area contributed by atoms with Gasteiger partial charge in [-0.15, -0.1) is 11.3 Å². The van der Waals surface area contributed by atoms with Gasteiger partial charge < -0.3 is 5.32 Å². The summed E-state index contributed by atoms with van der Waals surface area (Å²) in [6.45, 7) is 0.0557. The molecule has 5 nitrogen and oxygen atoms in total. The predicted octanol–water partition coefficient (Wildman–Crippen LogP) is 2.48. The molecule has 1 aliphatic rings. The predicted molar refractivity (Wildman–Crippen MR) is 72.5 cm³/mol. The van der Waals surface area contributed by atoms with Crippen LogP contribution in [0.5, 0.6) is 0 Å². The molecule has 98 valence electrons. The molecular formula is C12H10N2O3S2. The topological polar surface area (TPSA) is 66.5 Å². The van der Waals surface area contributed by atoms with Crippen molar-refractivity contribution in [2.75, 3.05) is 5.32 Å². The zero-order chi connectivity index (χ0) is 13.5. The summed E-state index contributed by atoms with van der Waals surface area (Å²) in [6.07, 6.45) is 0. The number of hydrogen-bond acceptors (Lipinski definition) is 4. The fourth-order valence-electron chi connectivity index (χ4n) is 1.90. The second-order valence-corrected chi connectivity index (χ2v) is 6.88. The molecule has 2 aromatic rings. The molecule has 0 saturated carbocycles. The molecule has 0 fully saturated rings. The smallest absolute Gasteiger partial charge is 0.306 e. The number of anilines is 1. The third-order valence-corrected chi connectivity index (χ3v) is 5.45. The number of thiophene rings is 1. The molecule has 3 rings (SSSR count). The van der Waals surface area contributed by atoms with E-state index in [1.807, 2.05) is 11.4 Å². The molecule has 1 aromatic carbocycles. The van der Waals surface area contributed by atoms with E-state index in [9.17, 15) is 13.2 Å². The van der Waals surface area contributed by atoms with Crippen molar-refractivity contribution in [1.82, 2.24) is 4.31 Å². The van der Waals surface area contributed by atoms with Gasteiger partial charge in [-0.25, -0.2) is 17.5 Å². The minimum Gasteiger partial charge on any atom is -0.306 e. The van der Waals surface area contributed by atoms with E-state index in [1.54, 1.807) is 24.3 Å². The van der Waals surface area contributed by atoms with Gasteiger partial charge >= 0.3 is 6.03 Å². The molecule has 0 radical (unpaired) electrons. The molecule has 0 aliphatic carbocycles. The van der Waals surface area contributed by atoms with Gasteiger partial charge in [0.1, 0.15) is 4.90 Å². The van der Waals surface area contributed by atoms with Crippen molar-refractivity contribution in [2.24, 2.45) is 0 Å². The Hall–Kier alpha value is -1.86. The minimum atomic E-state index is -3.78. The second kappa shape index (κ2) is 4.36. The van der Waals surface area contributed by atoms with E-state index < -0.39 is 16.1 Å². The van der Waals surface area contributed by atoms with Crippen LogP contribution in [0.3, 0.4) is 0 Å². The number of para-hydroxylation sites is 1. The van der Waals surface area contributed by atoms with Crippen LogP contribution in [0.15, 0.2) is 46.7 Å². The fraction of sp³-hybridized carbons (Fsp3) is 0.0833. The molecule has 0 spiro atoms. The Morgan fingerprint density at radius 1 is 1.16 bits per heavy atom. The number of carbonyl (C=O) groups is 1. The average molecular weight is 294 g/mol. The van der Waals surface area contributed by atoms with Gasteiger partial charge in [-0.3, -0.25) is 0 Å². The fourth-order valence-corrected chi connectivity index (χ4v) is 4.13. The molecular weight excluding hydrogens is 284 g/mol. The van der Waals surface area contributed by atoms with E-state index in [-0.39, 0.29) is 11.4 Å². The first kappa shape index (κ1) is 12.2. The van der Waals surface area contributed by atoms with Crippen LogP contribution in [0.1, 0.15) is 4.88 Å². The lowest BCUT2D eigenvalue weighted by atomic mass is 10.3. The molecule has 7 heteroatoms. The number of rotatable bonds is 2. The second-order valence-electron chi connectivity index (χ2n) is 4.02. The Kier molecular flexibility index (Phi) is 2.79. The normalized spacial score (nSPS) is 16.8. The first-order valence-electron chi connectivity index (χ1n) is 5.54. The molecule has 0 atom stereocenters. The number of fused-ring (bicyclic) bond motifs is 1. The average Bonchev–Trinajstić information content (AvgIpc) is 2.87. The van der Waals surface area contributed by atoms with Crippen LogP contribution in [0, 0.1) is 0 Å². The van der Waals surface area contributed by atoms with Gasteiger partial charge in [-0.2, -0.15) is 0 Å². The van der Waals surface area contributed by atoms with E-state index in [0.717, 1.165) is 9.18 Å². The Labute approximate surface area is 114 Å². The van der Waals surface area contributed by atoms with E-state index in [2.05, 4.69) is 5.32 Å². The van der Waals surface area contributed by atoms with Crippen molar-refractivity contribution in [3.63, 3.8) is 0 Å². The molecule has 0 saturated heterocycles. The van der Waals surface area contributed by atoms with E-state index >= 15 is 0 Å². The SMILES string of the molecule is O=C1Nc2ccccc2S(=O)(=O)N1Cc1cccs1. The lowest BCUT2D eigenvalue weighted by molar-refractivity contribution is 0.234. The van der Waals surface area contributed by atoms with Crippen LogP contribution in [0.25, 0.3) is 0 Å². The zero-order valence-corrected chi connectivity index (χ0v) is 11.4. The van der Waals surface area contributed by atoms with Crippen LogP contribution in [-0.4, -0.2) is 18.8 Å². The number of hydrogen-bond donors (Lipinski definition) is 1. The summed E-state index contributed by atoms with van der Waals surface area (Å²) in [5.41, 5.74) is 0.329. The van der Waals surface area contributed by atoms with Gasteiger partial charge in [0.25, 0.3) is 10.0 Å². The Morgan fingerprint density at radius 2 is 1.95 bits per heavy atom. The number of sulfonamides is 1. The molecule has 1 N–H and O–H groups in total. The third-order valence-electron chi connectivity index (χ3n) is 2.80. The van der Waals surface area contributed by atoms with Crippen molar-refractivity contribution in [2.45, 2.75) is 11.4 Å². The standard InChI is InChI=1S/C12H10N2O3S2/c15-12-13-10-5-1-2-6-11(10)19(16,17)14(12)8-9-4-3-7-18-9/h1-7H,8H2,(H,13,15). The summed E-state index contributed by atoms with van der Waals surface area (Å²) in [6, 6.07) is 9.39. The third kappa shape index (κ3) is 2.00. The molecule has 2 amide bonds. The van der Waals surface area contributed by atoms with Crippen LogP contribution < -0.4 is 5.32 Å². The first-order valence-corrected chi connectivity index (χ1v) is 7.86. The number of carbonyl (C=O) groups excluding carboxylic acids is 1. The minimum absolute atomic E-state index is 0.0557.